The van der Waals surface area contributed by atoms with Crippen LogP contribution in [0, 0.1) is 6.92 Å². The van der Waals surface area contributed by atoms with Crippen molar-refractivity contribution in [3.63, 3.8) is 0 Å². The Balaban J connectivity index is 2.83. The zero-order chi connectivity index (χ0) is 8.55. The van der Waals surface area contributed by atoms with Crippen LogP contribution in [-0.2, 0) is 0 Å². The van der Waals surface area contributed by atoms with Gasteiger partial charge in [-0.2, -0.15) is 5.10 Å². The minimum atomic E-state index is 0.762. The molecule has 0 bridgehead atoms. The van der Waals surface area contributed by atoms with Crippen molar-refractivity contribution in [2.75, 3.05) is 7.11 Å². The largest absolute Gasteiger partial charge is 0.493 e. The van der Waals surface area contributed by atoms with Gasteiger partial charge in [-0.1, -0.05) is 0 Å². The smallest absolute Gasteiger partial charge is 0.198 e. The molecule has 0 N–H and O–H groups in total. The third-order valence-corrected chi connectivity index (χ3v) is 1.80. The third-order valence-electron chi connectivity index (χ3n) is 1.80. The number of hydrogen-bond donors (Lipinski definition) is 0. The van der Waals surface area contributed by atoms with Crippen LogP contribution in [0.4, 0.5) is 0 Å². The van der Waals surface area contributed by atoms with Gasteiger partial charge in [0.15, 0.2) is 11.4 Å². The first-order chi connectivity index (χ1) is 5.83. The van der Waals surface area contributed by atoms with Gasteiger partial charge in [-0.05, 0) is 18.6 Å². The molecule has 12 heavy (non-hydrogen) atoms. The number of nitrogens with zero attached hydrogens (tertiary/aromatic N) is 3. The van der Waals surface area contributed by atoms with Crippen molar-refractivity contribution in [2.24, 2.45) is 0 Å². The van der Waals surface area contributed by atoms with E-state index in [1.165, 1.54) is 6.33 Å². The molecule has 2 aromatic heterocycles. The van der Waals surface area contributed by atoms with Gasteiger partial charge in [0.1, 0.15) is 6.33 Å². The van der Waals surface area contributed by atoms with Crippen molar-refractivity contribution in [1.82, 2.24) is 14.6 Å². The zero-order valence-corrected chi connectivity index (χ0v) is 6.98. The lowest BCUT2D eigenvalue weighted by Gasteiger charge is -2.03. The van der Waals surface area contributed by atoms with E-state index in [9.17, 15) is 0 Å². The molecule has 2 heterocycles. The Hall–Kier alpha value is -1.58. The van der Waals surface area contributed by atoms with E-state index in [1.54, 1.807) is 11.6 Å². The van der Waals surface area contributed by atoms with E-state index in [2.05, 4.69) is 10.1 Å². The molecule has 2 rings (SSSR count). The van der Waals surface area contributed by atoms with Gasteiger partial charge in [0.25, 0.3) is 0 Å². The van der Waals surface area contributed by atoms with Crippen LogP contribution in [-0.4, -0.2) is 21.7 Å². The summed E-state index contributed by atoms with van der Waals surface area (Å²) in [6.45, 7) is 1.98. The number of methoxy groups -OCH3 is 1. The summed E-state index contributed by atoms with van der Waals surface area (Å²) in [7, 11) is 1.64. The number of rotatable bonds is 1. The maximum atomic E-state index is 5.19. The summed E-state index contributed by atoms with van der Waals surface area (Å²) >= 11 is 0. The molecule has 62 valence electrons. The van der Waals surface area contributed by atoms with Crippen LogP contribution in [0.15, 0.2) is 18.6 Å². The lowest BCUT2D eigenvalue weighted by molar-refractivity contribution is 0.413. The zero-order valence-electron chi connectivity index (χ0n) is 6.98. The van der Waals surface area contributed by atoms with Gasteiger partial charge in [-0.3, -0.25) is 0 Å². The van der Waals surface area contributed by atoms with Gasteiger partial charge in [0.2, 0.25) is 0 Å². The summed E-state index contributed by atoms with van der Waals surface area (Å²) in [4.78, 5) is 4.08. The van der Waals surface area contributed by atoms with Crippen molar-refractivity contribution in [3.8, 4) is 5.75 Å². The Morgan fingerprint density at radius 2 is 2.33 bits per heavy atom. The normalized spacial score (nSPS) is 10.5. The van der Waals surface area contributed by atoms with Gasteiger partial charge in [0, 0.05) is 6.20 Å². The van der Waals surface area contributed by atoms with Crippen LogP contribution in [0.5, 0.6) is 5.75 Å². The highest BCUT2D eigenvalue weighted by molar-refractivity contribution is 5.56. The third kappa shape index (κ3) is 0.845. The number of pyridine rings is 1. The molecule has 0 saturated carbocycles. The summed E-state index contributed by atoms with van der Waals surface area (Å²) < 4.78 is 6.88. The molecule has 0 atom stereocenters. The van der Waals surface area contributed by atoms with Gasteiger partial charge in [0.05, 0.1) is 7.11 Å². The van der Waals surface area contributed by atoms with Gasteiger partial charge >= 0.3 is 0 Å². The first-order valence-corrected chi connectivity index (χ1v) is 3.66. The first-order valence-electron chi connectivity index (χ1n) is 3.66. The van der Waals surface area contributed by atoms with Gasteiger partial charge in [-0.15, -0.1) is 0 Å². The Kier molecular flexibility index (Phi) is 1.46. The second-order valence-electron chi connectivity index (χ2n) is 2.56. The monoisotopic (exact) mass is 163 g/mol. The Bertz CT molecular complexity index is 408. The van der Waals surface area contributed by atoms with E-state index in [0.29, 0.717) is 0 Å². The van der Waals surface area contributed by atoms with Crippen LogP contribution in [0.2, 0.25) is 0 Å². The molecule has 0 aromatic carbocycles. The Morgan fingerprint density at radius 1 is 1.50 bits per heavy atom. The maximum Gasteiger partial charge on any atom is 0.198 e. The van der Waals surface area contributed by atoms with Crippen LogP contribution in [0.1, 0.15) is 5.56 Å². The molecule has 0 unspecified atom stereocenters. The molecule has 2 aromatic rings. The second-order valence-corrected chi connectivity index (χ2v) is 2.56. The molecule has 0 aliphatic heterocycles. The highest BCUT2D eigenvalue weighted by atomic mass is 16.5. The maximum absolute atomic E-state index is 5.19. The minimum absolute atomic E-state index is 0.762. The average Bonchev–Trinajstić information content (AvgIpc) is 2.52. The summed E-state index contributed by atoms with van der Waals surface area (Å²) in [5.74, 6) is 0.787. The fraction of sp³-hybridized carbons (Fsp3) is 0.250. The molecule has 0 saturated heterocycles. The number of aromatic nitrogens is 3. The highest BCUT2D eigenvalue weighted by Crippen LogP contribution is 2.20. The highest BCUT2D eigenvalue weighted by Gasteiger charge is 2.05. The molecule has 0 radical (unpaired) electrons. The van der Waals surface area contributed by atoms with E-state index in [0.717, 1.165) is 17.0 Å². The molecule has 4 nitrogen and oxygen atoms in total. The summed E-state index contributed by atoms with van der Waals surface area (Å²) in [5.41, 5.74) is 1.83. The lowest BCUT2D eigenvalue weighted by atomic mass is 10.3. The van der Waals surface area contributed by atoms with E-state index in [4.69, 9.17) is 4.74 Å². The van der Waals surface area contributed by atoms with Crippen molar-refractivity contribution in [1.29, 1.82) is 0 Å². The van der Waals surface area contributed by atoms with Crippen molar-refractivity contribution < 1.29 is 4.74 Å². The number of fused-ring (bicyclic) bond motifs is 1. The number of hydrogen-bond acceptors (Lipinski definition) is 3. The van der Waals surface area contributed by atoms with E-state index in [-0.39, 0.29) is 0 Å². The summed E-state index contributed by atoms with van der Waals surface area (Å²) in [6.07, 6.45) is 3.37. The van der Waals surface area contributed by atoms with Crippen LogP contribution < -0.4 is 4.74 Å². The predicted molar refractivity (Wildman–Crippen MR) is 44.3 cm³/mol. The molecule has 0 amide bonds. The standard InChI is InChI=1S/C8H9N3O/c1-6-3-4-11-8(7(6)12-2)9-5-10-11/h3-5H,1-2H3. The van der Waals surface area contributed by atoms with Crippen molar-refractivity contribution in [2.45, 2.75) is 6.92 Å². The van der Waals surface area contributed by atoms with E-state index in [1.807, 2.05) is 19.2 Å². The quantitative estimate of drug-likeness (QED) is 0.630. The topological polar surface area (TPSA) is 39.4 Å². The lowest BCUT2D eigenvalue weighted by Crippen LogP contribution is -1.94. The molecule has 4 heteroatoms. The Labute approximate surface area is 69.8 Å². The number of ether oxygens (including phenoxy) is 1. The van der Waals surface area contributed by atoms with E-state index >= 15 is 0 Å². The fourth-order valence-corrected chi connectivity index (χ4v) is 1.21. The molecule has 0 fully saturated rings. The molecular formula is C8H9N3O. The SMILES string of the molecule is COc1c(C)ccn2ncnc12. The van der Waals surface area contributed by atoms with Crippen molar-refractivity contribution in [3.05, 3.63) is 24.2 Å². The van der Waals surface area contributed by atoms with Crippen LogP contribution in [0.25, 0.3) is 5.65 Å². The summed E-state index contributed by atoms with van der Waals surface area (Å²) in [6, 6.07) is 1.94. The number of aryl methyl sites for hydroxylation is 1. The molecule has 0 spiro atoms. The first kappa shape index (κ1) is 7.09. The van der Waals surface area contributed by atoms with E-state index < -0.39 is 0 Å². The average molecular weight is 163 g/mol. The van der Waals surface area contributed by atoms with Crippen molar-refractivity contribution >= 4 is 5.65 Å². The molecule has 0 aliphatic carbocycles. The molecular weight excluding hydrogens is 154 g/mol. The van der Waals surface area contributed by atoms with Crippen LogP contribution >= 0.6 is 0 Å². The summed E-state index contributed by atoms with van der Waals surface area (Å²) in [5, 5.41) is 3.99. The predicted octanol–water partition coefficient (Wildman–Crippen LogP) is 1.05. The van der Waals surface area contributed by atoms with Gasteiger partial charge < -0.3 is 4.74 Å². The van der Waals surface area contributed by atoms with Crippen LogP contribution in [0.3, 0.4) is 0 Å². The molecule has 0 aliphatic rings. The second kappa shape index (κ2) is 2.48. The fourth-order valence-electron chi connectivity index (χ4n) is 1.21. The van der Waals surface area contributed by atoms with Gasteiger partial charge in [-0.25, -0.2) is 9.50 Å². The minimum Gasteiger partial charge on any atom is -0.493 e. The Morgan fingerprint density at radius 3 is 3.08 bits per heavy atom.